The van der Waals surface area contributed by atoms with Gasteiger partial charge >= 0.3 is 6.09 Å². The third-order valence-corrected chi connectivity index (χ3v) is 12.7. The van der Waals surface area contributed by atoms with E-state index in [2.05, 4.69) is 50.6 Å². The number of amides is 1. The second-order valence-electron chi connectivity index (χ2n) is 17.2. The molecule has 4 saturated heterocycles. The highest BCUT2D eigenvalue weighted by Gasteiger charge is 2.27. The van der Waals surface area contributed by atoms with Crippen LogP contribution in [0.5, 0.6) is 0 Å². The molecule has 364 valence electrons. The van der Waals surface area contributed by atoms with Crippen molar-refractivity contribution in [1.29, 1.82) is 0 Å². The van der Waals surface area contributed by atoms with E-state index in [1.54, 1.807) is 30.4 Å². The molecule has 0 radical (unpaired) electrons. The highest BCUT2D eigenvalue weighted by atomic mass is 19.1. The van der Waals surface area contributed by atoms with Crippen molar-refractivity contribution in [3.05, 3.63) is 95.6 Å². The smallest absolute Gasteiger partial charge is 0.409 e. The summed E-state index contributed by atoms with van der Waals surface area (Å²) in [5, 5.41) is 10.5. The van der Waals surface area contributed by atoms with E-state index < -0.39 is 23.3 Å². The number of morpholine rings is 2. The third-order valence-electron chi connectivity index (χ3n) is 12.7. The van der Waals surface area contributed by atoms with Gasteiger partial charge in [0.15, 0.2) is 0 Å². The molecule has 8 heterocycles. The number of anilines is 8. The van der Waals surface area contributed by atoms with Crippen LogP contribution in [0.3, 0.4) is 0 Å². The van der Waals surface area contributed by atoms with Gasteiger partial charge in [0.2, 0.25) is 0 Å². The van der Waals surface area contributed by atoms with Crippen molar-refractivity contribution in [2.24, 2.45) is 0 Å². The molecule has 4 aromatic heterocycles. The summed E-state index contributed by atoms with van der Waals surface area (Å²) in [6, 6.07) is 8.26. The Hall–Kier alpha value is -6.77. The highest BCUT2D eigenvalue weighted by Crippen LogP contribution is 2.39. The second-order valence-corrected chi connectivity index (χ2v) is 17.2. The summed E-state index contributed by atoms with van der Waals surface area (Å²) in [6.45, 7) is 16.8. The Morgan fingerprint density at radius 1 is 0.609 bits per heavy atom. The molecule has 6 aromatic rings. The predicted octanol–water partition coefficient (Wildman–Crippen LogP) is 7.28. The lowest BCUT2D eigenvalue weighted by atomic mass is 10.1. The molecule has 1 amide bonds. The van der Waals surface area contributed by atoms with E-state index in [1.807, 2.05) is 37.1 Å². The molecular weight excluding hydrogens is 897 g/mol. The van der Waals surface area contributed by atoms with Crippen molar-refractivity contribution in [2.45, 2.75) is 20.8 Å². The van der Waals surface area contributed by atoms with Crippen molar-refractivity contribution in [1.82, 2.24) is 30.2 Å². The van der Waals surface area contributed by atoms with E-state index >= 15 is 4.39 Å². The molecule has 0 aliphatic carbocycles. The first kappa shape index (κ1) is 47.3. The van der Waals surface area contributed by atoms with Crippen LogP contribution in [0.15, 0.2) is 61.2 Å². The van der Waals surface area contributed by atoms with Crippen LogP contribution in [-0.2, 0) is 14.2 Å². The van der Waals surface area contributed by atoms with Crippen molar-refractivity contribution in [2.75, 3.05) is 142 Å². The maximum absolute atomic E-state index is 15.1. The SMILES string of the molecule is CCOC(=O)N1CCN(c2nc3cc(F)cc(F)c3c(Nc3cncc(N4CCOCC4)c3)c2C)CC1.Cc1c(N2CCNCC2)nc2cc(F)cc(F)c2c1Nc1cncc(N2CCOCC2)c1. The molecule has 0 saturated carbocycles. The largest absolute Gasteiger partial charge is 0.450 e. The van der Waals surface area contributed by atoms with Crippen LogP contribution in [0.4, 0.5) is 68.1 Å². The van der Waals surface area contributed by atoms with Gasteiger partial charge < -0.3 is 54.7 Å². The van der Waals surface area contributed by atoms with E-state index in [0.29, 0.717) is 87.6 Å². The average Bonchev–Trinajstić information content (AvgIpc) is 3.36. The highest BCUT2D eigenvalue weighted by molar-refractivity contribution is 5.99. The molecule has 4 aliphatic heterocycles. The number of benzene rings is 2. The fourth-order valence-electron chi connectivity index (χ4n) is 9.18. The van der Waals surface area contributed by atoms with Gasteiger partial charge in [0.25, 0.3) is 0 Å². The fourth-order valence-corrected chi connectivity index (χ4v) is 9.18. The minimum Gasteiger partial charge on any atom is -0.450 e. The quantitative estimate of drug-likeness (QED) is 0.125. The lowest BCUT2D eigenvalue weighted by molar-refractivity contribution is 0.105. The zero-order valence-corrected chi connectivity index (χ0v) is 39.0. The maximum Gasteiger partial charge on any atom is 0.409 e. The van der Waals surface area contributed by atoms with E-state index in [-0.39, 0.29) is 22.4 Å². The van der Waals surface area contributed by atoms with Crippen molar-refractivity contribution in [3.63, 3.8) is 0 Å². The summed E-state index contributed by atoms with van der Waals surface area (Å²) >= 11 is 0. The lowest BCUT2D eigenvalue weighted by Crippen LogP contribution is -2.49. The van der Waals surface area contributed by atoms with Crippen molar-refractivity contribution >= 4 is 73.7 Å². The van der Waals surface area contributed by atoms with Gasteiger partial charge in [-0.2, -0.15) is 0 Å². The molecule has 0 atom stereocenters. The van der Waals surface area contributed by atoms with E-state index in [4.69, 9.17) is 14.2 Å². The summed E-state index contributed by atoms with van der Waals surface area (Å²) in [7, 11) is 0. The predicted molar refractivity (Wildman–Crippen MR) is 260 cm³/mol. The Kier molecular flexibility index (Phi) is 14.6. The topological polar surface area (TPSA) is 149 Å². The number of nitrogens with one attached hydrogen (secondary N) is 3. The van der Waals surface area contributed by atoms with E-state index in [9.17, 15) is 18.0 Å². The number of nitrogens with zero attached hydrogens (tertiary/aromatic N) is 9. The third kappa shape index (κ3) is 10.6. The van der Waals surface area contributed by atoms with Crippen LogP contribution in [0.1, 0.15) is 18.1 Å². The van der Waals surface area contributed by atoms with Crippen LogP contribution >= 0.6 is 0 Å². The van der Waals surface area contributed by atoms with Crippen molar-refractivity contribution in [3.8, 4) is 0 Å². The average molecular weight is 953 g/mol. The van der Waals surface area contributed by atoms with Gasteiger partial charge in [-0.25, -0.2) is 32.3 Å². The summed E-state index contributed by atoms with van der Waals surface area (Å²) < 4.78 is 74.3. The molecule has 4 fully saturated rings. The van der Waals surface area contributed by atoms with Crippen LogP contribution in [0.2, 0.25) is 0 Å². The minimum atomic E-state index is -0.693. The first-order valence-corrected chi connectivity index (χ1v) is 23.3. The fraction of sp³-hybridized carbons (Fsp3) is 0.408. The van der Waals surface area contributed by atoms with Gasteiger partial charge in [-0.15, -0.1) is 0 Å². The molecule has 4 aliphatic rings. The first-order valence-electron chi connectivity index (χ1n) is 23.3. The van der Waals surface area contributed by atoms with Crippen LogP contribution in [0.25, 0.3) is 21.8 Å². The summed E-state index contributed by atoms with van der Waals surface area (Å²) in [4.78, 5) is 40.4. The summed E-state index contributed by atoms with van der Waals surface area (Å²) in [5.41, 5.74) is 6.47. The first-order chi connectivity index (χ1) is 33.5. The zero-order chi connectivity index (χ0) is 48.0. The van der Waals surface area contributed by atoms with Crippen LogP contribution < -0.4 is 35.6 Å². The Bertz CT molecular complexity index is 2800. The van der Waals surface area contributed by atoms with Gasteiger partial charge in [-0.3, -0.25) is 9.97 Å². The molecule has 69 heavy (non-hydrogen) atoms. The summed E-state index contributed by atoms with van der Waals surface area (Å²) in [6.07, 6.45) is 6.65. The summed E-state index contributed by atoms with van der Waals surface area (Å²) in [5.74, 6) is -1.31. The van der Waals surface area contributed by atoms with E-state index in [1.165, 1.54) is 12.1 Å². The molecule has 2 aromatic carbocycles. The van der Waals surface area contributed by atoms with Gasteiger partial charge in [-0.1, -0.05) is 0 Å². The van der Waals surface area contributed by atoms with Gasteiger partial charge in [0.05, 0.1) is 114 Å². The van der Waals surface area contributed by atoms with Crippen LogP contribution in [-0.4, -0.2) is 143 Å². The molecular formula is C49H56F4N12O4. The standard InChI is InChI=1S/C26H30F2N6O3.C23H26F2N6O/c1-3-37-26(35)34-6-4-33(5-7-34)25-17(2)24(23-21(28)12-18(27)13-22(23)31-25)30-19-14-20(16-29-15-19)32-8-10-36-11-9-32;1-15-22(28-17-12-18(14-27-13-17)30-6-8-32-9-7-30)21-19(25)10-16(24)11-20(21)29-23(15)31-4-2-26-3-5-31/h12-16H,3-11H2,1-2H3,(H,30,31);10-14,26H,2-9H2,1H3,(H,28,29). The van der Waals surface area contributed by atoms with Gasteiger partial charge in [0, 0.05) is 114 Å². The number of aromatic nitrogens is 4. The number of hydrogen-bond acceptors (Lipinski definition) is 15. The zero-order valence-electron chi connectivity index (χ0n) is 39.0. The molecule has 20 heteroatoms. The molecule has 0 unspecified atom stereocenters. The number of fused-ring (bicyclic) bond motifs is 2. The number of hydrogen-bond donors (Lipinski definition) is 3. The van der Waals surface area contributed by atoms with Gasteiger partial charge in [-0.05, 0) is 32.9 Å². The number of pyridine rings is 4. The Balaban J connectivity index is 0.000000174. The molecule has 3 N–H and O–H groups in total. The lowest BCUT2D eigenvalue weighted by Gasteiger charge is -2.36. The Labute approximate surface area is 397 Å². The molecule has 10 rings (SSSR count). The van der Waals surface area contributed by atoms with E-state index in [0.717, 1.165) is 98.5 Å². The maximum atomic E-state index is 15.1. The number of piperazine rings is 2. The molecule has 16 nitrogen and oxygen atoms in total. The number of carbonyl (C=O) groups is 1. The van der Waals surface area contributed by atoms with Gasteiger partial charge in [0.1, 0.15) is 34.9 Å². The number of halogens is 4. The number of ether oxygens (including phenoxy) is 3. The minimum absolute atomic E-state index is 0.213. The Morgan fingerprint density at radius 3 is 1.51 bits per heavy atom. The monoisotopic (exact) mass is 952 g/mol. The Morgan fingerprint density at radius 2 is 1.06 bits per heavy atom. The normalized spacial score (nSPS) is 16.7. The molecule has 0 bridgehead atoms. The number of rotatable bonds is 9. The second kappa shape index (κ2) is 21.3. The van der Waals surface area contributed by atoms with Crippen LogP contribution in [0, 0.1) is 37.1 Å². The molecule has 0 spiro atoms. The van der Waals surface area contributed by atoms with Crippen molar-refractivity contribution < 1.29 is 36.6 Å². The number of carbonyl (C=O) groups excluding carboxylic acids is 1.